The van der Waals surface area contributed by atoms with Crippen LogP contribution >= 0.6 is 0 Å². The van der Waals surface area contributed by atoms with Crippen molar-refractivity contribution in [2.45, 2.75) is 13.0 Å². The Hall–Kier alpha value is -1.02. The van der Waals surface area contributed by atoms with E-state index in [2.05, 4.69) is 12.2 Å². The van der Waals surface area contributed by atoms with Crippen molar-refractivity contribution in [1.82, 2.24) is 5.32 Å². The molecule has 11 heavy (non-hydrogen) atoms. The second-order valence-corrected chi connectivity index (χ2v) is 2.60. The molecule has 2 heteroatoms. The van der Waals surface area contributed by atoms with Crippen LogP contribution in [0.4, 0.5) is 0 Å². The monoisotopic (exact) mass is 151 g/mol. The third-order valence-electron chi connectivity index (χ3n) is 1.83. The van der Waals surface area contributed by atoms with Gasteiger partial charge in [0.2, 0.25) is 0 Å². The molecule has 0 heterocycles. The van der Waals surface area contributed by atoms with Gasteiger partial charge in [-0.05, 0) is 31.7 Å². The number of hydrogen-bond donors (Lipinski definition) is 2. The normalized spacial score (nSPS) is 12.9. The average Bonchev–Trinajstić information content (AvgIpc) is 2.05. The van der Waals surface area contributed by atoms with E-state index in [4.69, 9.17) is 5.11 Å². The lowest BCUT2D eigenvalue weighted by Crippen LogP contribution is -2.11. The van der Waals surface area contributed by atoms with Gasteiger partial charge in [0.15, 0.2) is 0 Å². The largest absolute Gasteiger partial charge is 0.508 e. The zero-order valence-electron chi connectivity index (χ0n) is 6.83. The van der Waals surface area contributed by atoms with Crippen molar-refractivity contribution in [3.63, 3.8) is 0 Å². The Morgan fingerprint density at radius 1 is 1.27 bits per heavy atom. The minimum atomic E-state index is 0.317. The van der Waals surface area contributed by atoms with Crippen molar-refractivity contribution in [3.8, 4) is 5.75 Å². The highest BCUT2D eigenvalue weighted by Gasteiger charge is 1.99. The number of phenols is 1. The number of nitrogens with one attached hydrogen (secondary N) is 1. The molecule has 0 saturated carbocycles. The molecule has 1 aromatic carbocycles. The smallest absolute Gasteiger partial charge is 0.115 e. The molecule has 0 bridgehead atoms. The van der Waals surface area contributed by atoms with Gasteiger partial charge < -0.3 is 10.4 Å². The standard InChI is InChI=1S/C9H13NO/c1-7(10-2)8-3-5-9(11)6-4-8/h3-7,10-11H,1-2H3. The van der Waals surface area contributed by atoms with Crippen LogP contribution in [0.15, 0.2) is 24.3 Å². The molecule has 0 radical (unpaired) electrons. The van der Waals surface area contributed by atoms with Crippen LogP contribution in [-0.2, 0) is 0 Å². The molecule has 0 fully saturated rings. The number of hydrogen-bond acceptors (Lipinski definition) is 2. The lowest BCUT2D eigenvalue weighted by Gasteiger charge is -2.09. The van der Waals surface area contributed by atoms with E-state index in [1.165, 1.54) is 5.56 Å². The first-order chi connectivity index (χ1) is 5.24. The highest BCUT2D eigenvalue weighted by Crippen LogP contribution is 2.15. The summed E-state index contributed by atoms with van der Waals surface area (Å²) < 4.78 is 0. The molecule has 2 N–H and O–H groups in total. The summed E-state index contributed by atoms with van der Waals surface area (Å²) in [5, 5.41) is 12.1. The first-order valence-corrected chi connectivity index (χ1v) is 3.70. The van der Waals surface area contributed by atoms with Gasteiger partial charge in [0.05, 0.1) is 0 Å². The lowest BCUT2D eigenvalue weighted by atomic mass is 10.1. The minimum Gasteiger partial charge on any atom is -0.508 e. The molecule has 0 amide bonds. The van der Waals surface area contributed by atoms with Crippen LogP contribution < -0.4 is 5.32 Å². The van der Waals surface area contributed by atoms with Crippen molar-refractivity contribution in [2.75, 3.05) is 7.05 Å². The predicted octanol–water partition coefficient (Wildman–Crippen LogP) is 1.67. The van der Waals surface area contributed by atoms with E-state index in [1.807, 2.05) is 19.2 Å². The first kappa shape index (κ1) is 8.08. The maximum absolute atomic E-state index is 8.99. The molecular formula is C9H13NO. The second-order valence-electron chi connectivity index (χ2n) is 2.60. The third-order valence-corrected chi connectivity index (χ3v) is 1.83. The van der Waals surface area contributed by atoms with Crippen molar-refractivity contribution in [1.29, 1.82) is 0 Å². The molecule has 1 atom stereocenters. The molecule has 1 aromatic rings. The fraction of sp³-hybridized carbons (Fsp3) is 0.333. The van der Waals surface area contributed by atoms with Crippen LogP contribution in [0, 0.1) is 0 Å². The van der Waals surface area contributed by atoms with Crippen LogP contribution in [0.2, 0.25) is 0 Å². The fourth-order valence-electron chi connectivity index (χ4n) is 0.930. The highest BCUT2D eigenvalue weighted by molar-refractivity contribution is 5.27. The first-order valence-electron chi connectivity index (χ1n) is 3.70. The predicted molar refractivity (Wildman–Crippen MR) is 45.6 cm³/mol. The summed E-state index contributed by atoms with van der Waals surface area (Å²) in [5.74, 6) is 0.317. The van der Waals surface area contributed by atoms with Gasteiger partial charge in [0, 0.05) is 6.04 Å². The van der Waals surface area contributed by atoms with Gasteiger partial charge in [0.1, 0.15) is 5.75 Å². The van der Waals surface area contributed by atoms with Gasteiger partial charge in [-0.25, -0.2) is 0 Å². The van der Waals surface area contributed by atoms with Crippen LogP contribution in [0.1, 0.15) is 18.5 Å². The van der Waals surface area contributed by atoms with Crippen LogP contribution in [-0.4, -0.2) is 12.2 Å². The maximum Gasteiger partial charge on any atom is 0.115 e. The summed E-state index contributed by atoms with van der Waals surface area (Å²) >= 11 is 0. The molecule has 0 aromatic heterocycles. The number of phenolic OH excluding ortho intramolecular Hbond substituents is 1. The summed E-state index contributed by atoms with van der Waals surface area (Å²) in [6, 6.07) is 7.56. The molecule has 1 rings (SSSR count). The van der Waals surface area contributed by atoms with E-state index < -0.39 is 0 Å². The summed E-state index contributed by atoms with van der Waals surface area (Å²) in [7, 11) is 1.91. The molecule has 2 nitrogen and oxygen atoms in total. The van der Waals surface area contributed by atoms with Gasteiger partial charge >= 0.3 is 0 Å². The molecular weight excluding hydrogens is 138 g/mol. The highest BCUT2D eigenvalue weighted by atomic mass is 16.3. The van der Waals surface area contributed by atoms with Gasteiger partial charge in [-0.2, -0.15) is 0 Å². The zero-order valence-corrected chi connectivity index (χ0v) is 6.83. The Kier molecular flexibility index (Phi) is 2.49. The van der Waals surface area contributed by atoms with E-state index in [0.717, 1.165) is 0 Å². The zero-order chi connectivity index (χ0) is 8.27. The van der Waals surface area contributed by atoms with Crippen LogP contribution in [0.25, 0.3) is 0 Å². The third kappa shape index (κ3) is 1.95. The topological polar surface area (TPSA) is 32.3 Å². The quantitative estimate of drug-likeness (QED) is 0.674. The Morgan fingerprint density at radius 3 is 2.27 bits per heavy atom. The Balaban J connectivity index is 2.81. The van der Waals surface area contributed by atoms with Crippen molar-refractivity contribution < 1.29 is 5.11 Å². The molecule has 1 unspecified atom stereocenters. The fourth-order valence-corrected chi connectivity index (χ4v) is 0.930. The van der Waals surface area contributed by atoms with Crippen LogP contribution in [0.3, 0.4) is 0 Å². The van der Waals surface area contributed by atoms with Crippen LogP contribution in [0.5, 0.6) is 5.75 Å². The van der Waals surface area contributed by atoms with Crippen molar-refractivity contribution in [3.05, 3.63) is 29.8 Å². The molecule has 60 valence electrons. The summed E-state index contributed by atoms with van der Waals surface area (Å²) in [6.07, 6.45) is 0. The molecule has 0 aliphatic carbocycles. The van der Waals surface area contributed by atoms with Gasteiger partial charge in [-0.15, -0.1) is 0 Å². The van der Waals surface area contributed by atoms with Gasteiger partial charge in [-0.1, -0.05) is 12.1 Å². The van der Waals surface area contributed by atoms with E-state index in [9.17, 15) is 0 Å². The maximum atomic E-state index is 8.99. The Bertz CT molecular complexity index is 218. The Morgan fingerprint density at radius 2 is 1.82 bits per heavy atom. The van der Waals surface area contributed by atoms with Gasteiger partial charge in [-0.3, -0.25) is 0 Å². The number of aromatic hydroxyl groups is 1. The minimum absolute atomic E-state index is 0.317. The SMILES string of the molecule is CNC(C)c1ccc(O)cc1. The average molecular weight is 151 g/mol. The summed E-state index contributed by atoms with van der Waals surface area (Å²) in [4.78, 5) is 0. The summed E-state index contributed by atoms with van der Waals surface area (Å²) in [6.45, 7) is 2.08. The second kappa shape index (κ2) is 3.39. The van der Waals surface area contributed by atoms with E-state index >= 15 is 0 Å². The van der Waals surface area contributed by atoms with Crippen molar-refractivity contribution >= 4 is 0 Å². The molecule has 0 saturated heterocycles. The molecule has 0 aliphatic rings. The number of benzene rings is 1. The molecule has 0 spiro atoms. The van der Waals surface area contributed by atoms with E-state index in [-0.39, 0.29) is 0 Å². The van der Waals surface area contributed by atoms with Crippen molar-refractivity contribution in [2.24, 2.45) is 0 Å². The summed E-state index contributed by atoms with van der Waals surface area (Å²) in [5.41, 5.74) is 1.19. The van der Waals surface area contributed by atoms with E-state index in [1.54, 1.807) is 12.1 Å². The number of rotatable bonds is 2. The Labute approximate surface area is 66.9 Å². The lowest BCUT2D eigenvalue weighted by molar-refractivity contribution is 0.474. The van der Waals surface area contributed by atoms with Gasteiger partial charge in [0.25, 0.3) is 0 Å². The molecule has 0 aliphatic heterocycles. The van der Waals surface area contributed by atoms with E-state index in [0.29, 0.717) is 11.8 Å².